The first kappa shape index (κ1) is 15.5. The first-order valence-electron chi connectivity index (χ1n) is 6.25. The molecule has 0 aromatic heterocycles. The summed E-state index contributed by atoms with van der Waals surface area (Å²) < 4.78 is 27.3. The predicted molar refractivity (Wildman–Crippen MR) is 76.4 cm³/mol. The molecule has 2 N–H and O–H groups in total. The molecule has 1 aromatic carbocycles. The lowest BCUT2D eigenvalue weighted by Gasteiger charge is -2.17. The van der Waals surface area contributed by atoms with E-state index < -0.39 is 21.2 Å². The second-order valence-electron chi connectivity index (χ2n) is 4.91. The lowest BCUT2D eigenvalue weighted by Crippen LogP contribution is -2.32. The van der Waals surface area contributed by atoms with Crippen molar-refractivity contribution in [3.63, 3.8) is 0 Å². The fourth-order valence-electron chi connectivity index (χ4n) is 2.30. The van der Waals surface area contributed by atoms with Gasteiger partial charge in [0, 0.05) is 18.7 Å². The summed E-state index contributed by atoms with van der Waals surface area (Å²) in [5.41, 5.74) is 1.58. The van der Waals surface area contributed by atoms with E-state index >= 15 is 0 Å². The normalized spacial score (nSPS) is 18.9. The molecule has 1 heterocycles. The van der Waals surface area contributed by atoms with Crippen LogP contribution in [0.5, 0.6) is 0 Å². The molecule has 7 nitrogen and oxygen atoms in total. The quantitative estimate of drug-likeness (QED) is 0.801. The predicted octanol–water partition coefficient (Wildman–Crippen LogP) is 0.175. The Hall–Kier alpha value is -1.93. The minimum absolute atomic E-state index is 0.0225. The summed E-state index contributed by atoms with van der Waals surface area (Å²) in [5.74, 6) is -0.770. The third-order valence-corrected chi connectivity index (χ3v) is 4.73. The van der Waals surface area contributed by atoms with Crippen LogP contribution in [0.4, 0.5) is 5.69 Å². The monoisotopic (exact) mass is 312 g/mol. The second-order valence-corrected chi connectivity index (χ2v) is 6.76. The number of anilines is 1. The van der Waals surface area contributed by atoms with Crippen molar-refractivity contribution in [1.82, 2.24) is 0 Å². The van der Waals surface area contributed by atoms with E-state index in [2.05, 4.69) is 4.74 Å². The van der Waals surface area contributed by atoms with Crippen molar-refractivity contribution in [1.29, 1.82) is 0 Å². The number of sulfonamides is 1. The number of amides is 1. The van der Waals surface area contributed by atoms with Gasteiger partial charge < -0.3 is 9.64 Å². The maximum atomic E-state index is 11.9. The van der Waals surface area contributed by atoms with E-state index in [1.54, 1.807) is 25.1 Å². The molecule has 8 heteroatoms. The zero-order chi connectivity index (χ0) is 15.8. The molecule has 1 fully saturated rings. The molecule has 1 aliphatic rings. The molecule has 0 aliphatic carbocycles. The van der Waals surface area contributed by atoms with Crippen molar-refractivity contribution in [2.45, 2.75) is 18.6 Å². The van der Waals surface area contributed by atoms with Gasteiger partial charge in [-0.05, 0) is 30.7 Å². The molecule has 2 rings (SSSR count). The lowest BCUT2D eigenvalue weighted by atomic mass is 10.1. The van der Waals surface area contributed by atoms with Crippen molar-refractivity contribution in [3.8, 4) is 0 Å². The van der Waals surface area contributed by atoms with Gasteiger partial charge in [-0.2, -0.15) is 0 Å². The number of benzene rings is 1. The van der Waals surface area contributed by atoms with Gasteiger partial charge in [0.25, 0.3) is 0 Å². The molecule has 114 valence electrons. The Morgan fingerprint density at radius 3 is 2.57 bits per heavy atom. The number of rotatable bonds is 3. The maximum Gasteiger partial charge on any atom is 0.338 e. The Morgan fingerprint density at radius 2 is 2.10 bits per heavy atom. The summed E-state index contributed by atoms with van der Waals surface area (Å²) >= 11 is 0. The minimum Gasteiger partial charge on any atom is -0.465 e. The Labute approximate surface area is 122 Å². The van der Waals surface area contributed by atoms with Crippen LogP contribution in [0.25, 0.3) is 0 Å². The lowest BCUT2D eigenvalue weighted by molar-refractivity contribution is -0.117. The van der Waals surface area contributed by atoms with E-state index in [4.69, 9.17) is 5.14 Å². The van der Waals surface area contributed by atoms with E-state index in [0.717, 1.165) is 0 Å². The molecule has 21 heavy (non-hydrogen) atoms. The van der Waals surface area contributed by atoms with E-state index in [1.165, 1.54) is 12.0 Å². The molecule has 1 aliphatic heterocycles. The fraction of sp³-hybridized carbons (Fsp3) is 0.385. The van der Waals surface area contributed by atoms with Gasteiger partial charge in [0.15, 0.2) is 0 Å². The zero-order valence-corrected chi connectivity index (χ0v) is 12.5. The van der Waals surface area contributed by atoms with E-state index in [-0.39, 0.29) is 18.9 Å². The fourth-order valence-corrected chi connectivity index (χ4v) is 3.03. The number of carbonyl (C=O) groups is 2. The molecule has 1 atom stereocenters. The highest BCUT2D eigenvalue weighted by Crippen LogP contribution is 2.26. The third kappa shape index (κ3) is 3.06. The van der Waals surface area contributed by atoms with Crippen LogP contribution >= 0.6 is 0 Å². The third-order valence-electron chi connectivity index (χ3n) is 3.48. The molecule has 1 unspecified atom stereocenters. The first-order valence-corrected chi connectivity index (χ1v) is 7.86. The largest absolute Gasteiger partial charge is 0.465 e. The number of nitrogens with two attached hydrogens (primary N) is 1. The van der Waals surface area contributed by atoms with Gasteiger partial charge in [0.1, 0.15) is 5.25 Å². The van der Waals surface area contributed by atoms with Crippen LogP contribution in [0.1, 0.15) is 22.3 Å². The van der Waals surface area contributed by atoms with Gasteiger partial charge >= 0.3 is 5.97 Å². The summed E-state index contributed by atoms with van der Waals surface area (Å²) in [4.78, 5) is 24.8. The van der Waals surface area contributed by atoms with Gasteiger partial charge in [-0.15, -0.1) is 0 Å². The number of ether oxygens (including phenoxy) is 1. The van der Waals surface area contributed by atoms with Gasteiger partial charge in [-0.25, -0.2) is 18.4 Å². The summed E-state index contributed by atoms with van der Waals surface area (Å²) in [5, 5.41) is 4.19. The second kappa shape index (κ2) is 5.45. The van der Waals surface area contributed by atoms with E-state index in [0.29, 0.717) is 16.8 Å². The topological polar surface area (TPSA) is 107 Å². The summed E-state index contributed by atoms with van der Waals surface area (Å²) in [7, 11) is -2.46. The van der Waals surface area contributed by atoms with Crippen molar-refractivity contribution >= 4 is 27.6 Å². The number of aryl methyl sites for hydroxylation is 1. The van der Waals surface area contributed by atoms with Gasteiger partial charge in [0.05, 0.1) is 12.7 Å². The van der Waals surface area contributed by atoms with E-state index in [9.17, 15) is 18.0 Å². The number of methoxy groups -OCH3 is 1. The highest BCUT2D eigenvalue weighted by molar-refractivity contribution is 7.89. The van der Waals surface area contributed by atoms with Gasteiger partial charge in [-0.1, -0.05) is 0 Å². The number of nitrogens with zero attached hydrogens (tertiary/aromatic N) is 1. The minimum atomic E-state index is -3.75. The molecular weight excluding hydrogens is 296 g/mol. The Morgan fingerprint density at radius 1 is 1.43 bits per heavy atom. The molecule has 0 radical (unpaired) electrons. The Balaban J connectivity index is 2.30. The van der Waals surface area contributed by atoms with Crippen LogP contribution in [0.15, 0.2) is 18.2 Å². The highest BCUT2D eigenvalue weighted by atomic mass is 32.2. The van der Waals surface area contributed by atoms with Crippen LogP contribution in [-0.2, 0) is 19.6 Å². The number of esters is 1. The number of hydrogen-bond donors (Lipinski definition) is 1. The number of hydrogen-bond acceptors (Lipinski definition) is 5. The van der Waals surface area contributed by atoms with Crippen LogP contribution in [0.3, 0.4) is 0 Å². The number of carbonyl (C=O) groups excluding carboxylic acids is 2. The van der Waals surface area contributed by atoms with Crippen LogP contribution in [0.2, 0.25) is 0 Å². The molecule has 0 saturated carbocycles. The molecule has 1 amide bonds. The van der Waals surface area contributed by atoms with Crippen molar-refractivity contribution in [2.75, 3.05) is 18.6 Å². The SMILES string of the molecule is COC(=O)c1ccc(N2CC(S(N)(=O)=O)CC2=O)cc1C. The maximum absolute atomic E-state index is 11.9. The van der Waals surface area contributed by atoms with Crippen molar-refractivity contribution in [2.24, 2.45) is 5.14 Å². The Bertz CT molecular complexity index is 699. The van der Waals surface area contributed by atoms with Crippen molar-refractivity contribution < 1.29 is 22.7 Å². The number of primary sulfonamides is 1. The smallest absolute Gasteiger partial charge is 0.338 e. The van der Waals surface area contributed by atoms with Crippen molar-refractivity contribution in [3.05, 3.63) is 29.3 Å². The Kier molecular flexibility index (Phi) is 4.02. The molecule has 1 aromatic rings. The van der Waals surface area contributed by atoms with Crippen LogP contribution < -0.4 is 10.0 Å². The van der Waals surface area contributed by atoms with Crippen LogP contribution in [0, 0.1) is 6.92 Å². The average Bonchev–Trinajstić information content (AvgIpc) is 2.80. The van der Waals surface area contributed by atoms with Crippen LogP contribution in [-0.4, -0.2) is 39.2 Å². The zero-order valence-electron chi connectivity index (χ0n) is 11.7. The van der Waals surface area contributed by atoms with E-state index in [1.807, 2.05) is 0 Å². The summed E-state index contributed by atoms with van der Waals surface area (Å²) in [6, 6.07) is 4.78. The molecule has 1 saturated heterocycles. The summed E-state index contributed by atoms with van der Waals surface area (Å²) in [6.45, 7) is 1.74. The standard InChI is InChI=1S/C13H16N2O5S/c1-8-5-9(3-4-11(8)13(17)20-2)15-7-10(6-12(15)16)21(14,18)19/h3-5,10H,6-7H2,1-2H3,(H2,14,18,19). The summed E-state index contributed by atoms with van der Waals surface area (Å²) in [6.07, 6.45) is -0.128. The first-order chi connectivity index (χ1) is 9.74. The van der Waals surface area contributed by atoms with Gasteiger partial charge in [-0.3, -0.25) is 4.79 Å². The molecule has 0 spiro atoms. The van der Waals surface area contributed by atoms with Gasteiger partial charge in [0.2, 0.25) is 15.9 Å². The molecular formula is C13H16N2O5S. The highest BCUT2D eigenvalue weighted by Gasteiger charge is 2.37. The average molecular weight is 312 g/mol. The molecule has 0 bridgehead atoms.